The van der Waals surface area contributed by atoms with Gasteiger partial charge in [-0.15, -0.1) is 11.3 Å². The molecule has 176 valence electrons. The van der Waals surface area contributed by atoms with Gasteiger partial charge in [-0.1, -0.05) is 30.3 Å². The van der Waals surface area contributed by atoms with Gasteiger partial charge in [0.2, 0.25) is 0 Å². The van der Waals surface area contributed by atoms with Crippen LogP contribution >= 0.6 is 11.3 Å². The van der Waals surface area contributed by atoms with Crippen LogP contribution in [0.3, 0.4) is 0 Å². The summed E-state index contributed by atoms with van der Waals surface area (Å²) in [5.41, 5.74) is 3.33. The molecule has 2 aromatic heterocycles. The standard InChI is InChI=1S/C27H30N4O2S/c1-18-12-13-19(2)23(17-18)31-25(28-22-10-7-6-9-21(22)26(31)32)20(3)30(15-14-29(4)5)27(33)24-11-8-16-34-24/h6-13,16-17,20H,14-15H2,1-5H3. The highest BCUT2D eigenvalue weighted by Gasteiger charge is 2.28. The van der Waals surface area contributed by atoms with E-state index >= 15 is 0 Å². The molecule has 0 bridgehead atoms. The van der Waals surface area contributed by atoms with Crippen molar-refractivity contribution in [1.82, 2.24) is 19.4 Å². The number of thiophene rings is 1. The molecule has 0 fully saturated rings. The number of likely N-dealkylation sites (N-methyl/N-ethyl adjacent to an activating group) is 1. The maximum Gasteiger partial charge on any atom is 0.266 e. The van der Waals surface area contributed by atoms with Crippen LogP contribution in [0.25, 0.3) is 16.6 Å². The number of carbonyl (C=O) groups is 1. The van der Waals surface area contributed by atoms with Crippen molar-refractivity contribution in [3.05, 3.63) is 92.2 Å². The molecular weight excluding hydrogens is 444 g/mol. The first-order valence-corrected chi connectivity index (χ1v) is 12.2. The fourth-order valence-corrected chi connectivity index (χ4v) is 4.76. The summed E-state index contributed by atoms with van der Waals surface area (Å²) in [7, 11) is 3.97. The number of nitrogens with zero attached hydrogens (tertiary/aromatic N) is 4. The van der Waals surface area contributed by atoms with Crippen molar-refractivity contribution in [2.45, 2.75) is 26.8 Å². The van der Waals surface area contributed by atoms with Crippen LogP contribution in [0, 0.1) is 13.8 Å². The molecule has 0 spiro atoms. The van der Waals surface area contributed by atoms with Gasteiger partial charge in [-0.05, 0) is 75.6 Å². The number of para-hydroxylation sites is 1. The topological polar surface area (TPSA) is 58.4 Å². The largest absolute Gasteiger partial charge is 0.327 e. The second-order valence-corrected chi connectivity index (χ2v) is 9.82. The summed E-state index contributed by atoms with van der Waals surface area (Å²) in [4.78, 5) is 36.9. The zero-order chi connectivity index (χ0) is 24.4. The first kappa shape index (κ1) is 23.9. The number of hydrogen-bond acceptors (Lipinski definition) is 5. The molecule has 4 aromatic rings. The lowest BCUT2D eigenvalue weighted by atomic mass is 10.1. The van der Waals surface area contributed by atoms with E-state index in [1.807, 2.05) is 98.6 Å². The summed E-state index contributed by atoms with van der Waals surface area (Å²) < 4.78 is 1.69. The van der Waals surface area contributed by atoms with Crippen LogP contribution < -0.4 is 5.56 Å². The van der Waals surface area contributed by atoms with Crippen molar-refractivity contribution in [2.24, 2.45) is 0 Å². The lowest BCUT2D eigenvalue weighted by Crippen LogP contribution is -2.40. The van der Waals surface area contributed by atoms with E-state index in [2.05, 4.69) is 0 Å². The Kier molecular flexibility index (Phi) is 6.95. The molecule has 1 amide bonds. The van der Waals surface area contributed by atoms with Gasteiger partial charge in [-0.25, -0.2) is 4.98 Å². The SMILES string of the molecule is Cc1ccc(C)c(-n2c(C(C)N(CCN(C)C)C(=O)c3cccs3)nc3ccccc3c2=O)c1. The minimum absolute atomic E-state index is 0.0562. The number of fused-ring (bicyclic) bond motifs is 1. The first-order valence-electron chi connectivity index (χ1n) is 11.4. The van der Waals surface area contributed by atoms with Crippen LogP contribution in [0.5, 0.6) is 0 Å². The summed E-state index contributed by atoms with van der Waals surface area (Å²) in [5.74, 6) is 0.500. The number of rotatable bonds is 7. The Labute approximate surface area is 204 Å². The quantitative estimate of drug-likeness (QED) is 0.385. The molecule has 0 aliphatic heterocycles. The van der Waals surface area contributed by atoms with Gasteiger partial charge < -0.3 is 9.80 Å². The second-order valence-electron chi connectivity index (χ2n) is 8.87. The van der Waals surface area contributed by atoms with Gasteiger partial charge >= 0.3 is 0 Å². The zero-order valence-electron chi connectivity index (χ0n) is 20.3. The van der Waals surface area contributed by atoms with Gasteiger partial charge in [0.15, 0.2) is 0 Å². The Morgan fingerprint density at radius 3 is 2.53 bits per heavy atom. The lowest BCUT2D eigenvalue weighted by molar-refractivity contribution is 0.0672. The van der Waals surface area contributed by atoms with Crippen LogP contribution in [-0.2, 0) is 0 Å². The van der Waals surface area contributed by atoms with Crippen LogP contribution in [-0.4, -0.2) is 52.4 Å². The predicted molar refractivity (Wildman–Crippen MR) is 139 cm³/mol. The molecule has 7 heteroatoms. The van der Waals surface area contributed by atoms with Crippen LogP contribution in [0.1, 0.15) is 39.6 Å². The molecular formula is C27H30N4O2S. The van der Waals surface area contributed by atoms with E-state index in [4.69, 9.17) is 4.98 Å². The maximum absolute atomic E-state index is 13.8. The fourth-order valence-electron chi connectivity index (χ4n) is 4.08. The molecule has 0 aliphatic rings. The van der Waals surface area contributed by atoms with Gasteiger partial charge in [0.1, 0.15) is 5.82 Å². The lowest BCUT2D eigenvalue weighted by Gasteiger charge is -2.31. The number of amides is 1. The van der Waals surface area contributed by atoms with Crippen molar-refractivity contribution in [3.63, 3.8) is 0 Å². The van der Waals surface area contributed by atoms with Gasteiger partial charge in [0.25, 0.3) is 11.5 Å². The number of hydrogen-bond donors (Lipinski definition) is 0. The number of carbonyl (C=O) groups excluding carboxylic acids is 1. The molecule has 0 N–H and O–H groups in total. The Balaban J connectivity index is 1.94. The fraction of sp³-hybridized carbons (Fsp3) is 0.296. The third-order valence-electron chi connectivity index (χ3n) is 6.03. The Bertz CT molecular complexity index is 1380. The van der Waals surface area contributed by atoms with Crippen molar-refractivity contribution >= 4 is 28.1 Å². The van der Waals surface area contributed by atoms with Crippen molar-refractivity contribution in [1.29, 1.82) is 0 Å². The summed E-state index contributed by atoms with van der Waals surface area (Å²) in [6.07, 6.45) is 0. The molecule has 4 rings (SSSR count). The van der Waals surface area contributed by atoms with E-state index in [9.17, 15) is 9.59 Å². The summed E-state index contributed by atoms with van der Waals surface area (Å²) in [6.45, 7) is 7.17. The molecule has 2 heterocycles. The van der Waals surface area contributed by atoms with E-state index in [0.29, 0.717) is 34.7 Å². The van der Waals surface area contributed by atoms with E-state index < -0.39 is 6.04 Å². The molecule has 1 unspecified atom stereocenters. The van der Waals surface area contributed by atoms with E-state index in [-0.39, 0.29) is 11.5 Å². The van der Waals surface area contributed by atoms with Crippen molar-refractivity contribution in [3.8, 4) is 5.69 Å². The summed E-state index contributed by atoms with van der Waals surface area (Å²) in [6, 6.07) is 16.7. The molecule has 34 heavy (non-hydrogen) atoms. The highest BCUT2D eigenvalue weighted by Crippen LogP contribution is 2.27. The monoisotopic (exact) mass is 474 g/mol. The molecule has 1 atom stereocenters. The molecule has 0 aliphatic carbocycles. The van der Waals surface area contributed by atoms with E-state index in [1.54, 1.807) is 10.6 Å². The average molecular weight is 475 g/mol. The third kappa shape index (κ3) is 4.67. The molecule has 6 nitrogen and oxygen atoms in total. The third-order valence-corrected chi connectivity index (χ3v) is 6.89. The number of aryl methyl sites for hydroxylation is 2. The highest BCUT2D eigenvalue weighted by molar-refractivity contribution is 7.12. The smallest absolute Gasteiger partial charge is 0.266 e. The van der Waals surface area contributed by atoms with E-state index in [1.165, 1.54) is 11.3 Å². The Hall–Kier alpha value is -3.29. The predicted octanol–water partition coefficient (Wildman–Crippen LogP) is 4.83. The second kappa shape index (κ2) is 9.91. The first-order chi connectivity index (χ1) is 16.3. The van der Waals surface area contributed by atoms with Gasteiger partial charge in [0.05, 0.1) is 27.5 Å². The maximum atomic E-state index is 13.8. The van der Waals surface area contributed by atoms with Gasteiger partial charge in [0, 0.05) is 13.1 Å². The number of aromatic nitrogens is 2. The van der Waals surface area contributed by atoms with E-state index in [0.717, 1.165) is 16.8 Å². The Morgan fingerprint density at radius 2 is 1.82 bits per heavy atom. The molecule has 0 saturated heterocycles. The normalized spacial score (nSPS) is 12.3. The van der Waals surface area contributed by atoms with Crippen molar-refractivity contribution < 1.29 is 4.79 Å². The minimum atomic E-state index is -0.424. The van der Waals surface area contributed by atoms with Crippen LogP contribution in [0.15, 0.2) is 64.8 Å². The van der Waals surface area contributed by atoms with Gasteiger partial charge in [-0.3, -0.25) is 14.2 Å². The summed E-state index contributed by atoms with van der Waals surface area (Å²) in [5, 5.41) is 2.46. The van der Waals surface area contributed by atoms with Crippen molar-refractivity contribution in [2.75, 3.05) is 27.2 Å². The molecule has 2 aromatic carbocycles. The molecule has 0 radical (unpaired) electrons. The van der Waals surface area contributed by atoms with Gasteiger partial charge in [-0.2, -0.15) is 0 Å². The average Bonchev–Trinajstić information content (AvgIpc) is 3.35. The van der Waals surface area contributed by atoms with Crippen LogP contribution in [0.2, 0.25) is 0 Å². The molecule has 0 saturated carbocycles. The van der Waals surface area contributed by atoms with Crippen LogP contribution in [0.4, 0.5) is 0 Å². The zero-order valence-corrected chi connectivity index (χ0v) is 21.1. The minimum Gasteiger partial charge on any atom is -0.327 e. The Morgan fingerprint density at radius 1 is 1.06 bits per heavy atom. The summed E-state index contributed by atoms with van der Waals surface area (Å²) >= 11 is 1.42. The number of benzene rings is 2. The highest BCUT2D eigenvalue weighted by atomic mass is 32.1.